The first-order valence-electron chi connectivity index (χ1n) is 4.15. The molecular weight excluding hydrogens is 188 g/mol. The van der Waals surface area contributed by atoms with Crippen LogP contribution in [-0.4, -0.2) is 11.5 Å². The van der Waals surface area contributed by atoms with Crippen molar-refractivity contribution in [3.8, 4) is 0 Å². The van der Waals surface area contributed by atoms with Gasteiger partial charge >= 0.3 is 0 Å². The zero-order chi connectivity index (χ0) is 8.44. The summed E-state index contributed by atoms with van der Waals surface area (Å²) in [6, 6.07) is 4.24. The third-order valence-corrected chi connectivity index (χ3v) is 4.29. The van der Waals surface area contributed by atoms with Gasteiger partial charge in [0.25, 0.3) is 0 Å². The van der Waals surface area contributed by atoms with Crippen molar-refractivity contribution in [2.24, 2.45) is 0 Å². The molecule has 0 saturated carbocycles. The largest absolute Gasteiger partial charge is 0.364 e. The predicted octanol–water partition coefficient (Wildman–Crippen LogP) is 3.37. The van der Waals surface area contributed by atoms with Crippen molar-refractivity contribution in [2.75, 3.05) is 6.61 Å². The number of ether oxygens (including phenoxy) is 1. The molecule has 0 radical (unpaired) electrons. The van der Waals surface area contributed by atoms with E-state index in [1.807, 2.05) is 11.8 Å². The Kier molecular flexibility index (Phi) is 2.44. The van der Waals surface area contributed by atoms with E-state index < -0.39 is 0 Å². The van der Waals surface area contributed by atoms with Gasteiger partial charge in [0, 0.05) is 6.61 Å². The quantitative estimate of drug-likeness (QED) is 0.724. The van der Waals surface area contributed by atoms with E-state index in [2.05, 4.69) is 24.4 Å². The predicted molar refractivity (Wildman–Crippen MR) is 53.8 cm³/mol. The average Bonchev–Trinajstić information content (AvgIpc) is 2.62. The van der Waals surface area contributed by atoms with Crippen LogP contribution in [0.4, 0.5) is 0 Å². The Labute approximate surface area is 81.1 Å². The first-order valence-corrected chi connectivity index (χ1v) is 5.85. The van der Waals surface area contributed by atoms with Gasteiger partial charge in [-0.2, -0.15) is 0 Å². The topological polar surface area (TPSA) is 9.23 Å². The van der Waals surface area contributed by atoms with E-state index in [-0.39, 0.29) is 4.93 Å². The molecule has 1 nitrogen and oxygen atoms in total. The van der Waals surface area contributed by atoms with E-state index in [9.17, 15) is 0 Å². The highest BCUT2D eigenvalue weighted by atomic mass is 32.2. The summed E-state index contributed by atoms with van der Waals surface area (Å²) in [6.45, 7) is 3.11. The number of thiophene rings is 1. The highest BCUT2D eigenvalue weighted by molar-refractivity contribution is 8.02. The van der Waals surface area contributed by atoms with Crippen molar-refractivity contribution in [1.29, 1.82) is 0 Å². The fourth-order valence-corrected chi connectivity index (χ4v) is 3.67. The van der Waals surface area contributed by atoms with Crippen LogP contribution in [0, 0.1) is 0 Å². The Balaban J connectivity index is 2.02. The maximum absolute atomic E-state index is 5.68. The van der Waals surface area contributed by atoms with Crippen LogP contribution < -0.4 is 0 Å². The lowest BCUT2D eigenvalue weighted by atomic mass is 10.3. The normalized spacial score (nSPS) is 29.4. The zero-order valence-electron chi connectivity index (χ0n) is 7.08. The minimum atomic E-state index is 0.0465. The summed E-state index contributed by atoms with van der Waals surface area (Å²) >= 11 is 3.65. The monoisotopic (exact) mass is 200 g/mol. The summed E-state index contributed by atoms with van der Waals surface area (Å²) in [5.41, 5.74) is 0. The number of rotatable bonds is 2. The lowest BCUT2D eigenvalue weighted by Gasteiger charge is -2.20. The summed E-state index contributed by atoms with van der Waals surface area (Å²) in [5.74, 6) is 0. The van der Waals surface area contributed by atoms with Crippen molar-refractivity contribution in [2.45, 2.75) is 28.9 Å². The molecular formula is C9H12OS2. The second kappa shape index (κ2) is 3.40. The van der Waals surface area contributed by atoms with E-state index in [1.54, 1.807) is 11.3 Å². The summed E-state index contributed by atoms with van der Waals surface area (Å²) in [7, 11) is 0. The van der Waals surface area contributed by atoms with Gasteiger partial charge in [-0.3, -0.25) is 0 Å². The Hall–Kier alpha value is 0.01000. The smallest absolute Gasteiger partial charge is 0.116 e. The number of hydrogen-bond acceptors (Lipinski definition) is 3. The number of thioether (sulfide) groups is 1. The van der Waals surface area contributed by atoms with Gasteiger partial charge in [-0.1, -0.05) is 17.8 Å². The SMILES string of the molecule is CC1(Sc2cccs2)CCCO1. The van der Waals surface area contributed by atoms with Crippen molar-refractivity contribution >= 4 is 23.1 Å². The molecule has 2 rings (SSSR count). The van der Waals surface area contributed by atoms with Crippen LogP contribution in [0.25, 0.3) is 0 Å². The molecule has 1 aliphatic rings. The molecule has 1 saturated heterocycles. The maximum Gasteiger partial charge on any atom is 0.116 e. The molecule has 0 aliphatic carbocycles. The lowest BCUT2D eigenvalue weighted by molar-refractivity contribution is 0.0971. The molecule has 1 fully saturated rings. The first kappa shape index (κ1) is 8.60. The summed E-state index contributed by atoms with van der Waals surface area (Å²) in [5, 5.41) is 2.11. The third kappa shape index (κ3) is 1.84. The van der Waals surface area contributed by atoms with Crippen LogP contribution in [-0.2, 0) is 4.74 Å². The molecule has 1 aromatic rings. The van der Waals surface area contributed by atoms with Gasteiger partial charge in [0.1, 0.15) is 4.93 Å². The van der Waals surface area contributed by atoms with Crippen LogP contribution in [0.3, 0.4) is 0 Å². The number of hydrogen-bond donors (Lipinski definition) is 0. The van der Waals surface area contributed by atoms with Crippen LogP contribution in [0.15, 0.2) is 21.7 Å². The van der Waals surface area contributed by atoms with Crippen molar-refractivity contribution in [3.05, 3.63) is 17.5 Å². The molecule has 0 bridgehead atoms. The van der Waals surface area contributed by atoms with Gasteiger partial charge < -0.3 is 4.74 Å². The maximum atomic E-state index is 5.68. The standard InChI is InChI=1S/C9H12OS2/c1-9(5-3-6-10-9)12-8-4-2-7-11-8/h2,4,7H,3,5-6H2,1H3. The van der Waals surface area contributed by atoms with Crippen LogP contribution in [0.5, 0.6) is 0 Å². The van der Waals surface area contributed by atoms with Gasteiger partial charge in [-0.25, -0.2) is 0 Å². The molecule has 0 N–H and O–H groups in total. The molecule has 66 valence electrons. The van der Waals surface area contributed by atoms with Crippen molar-refractivity contribution in [3.63, 3.8) is 0 Å². The second-order valence-corrected chi connectivity index (χ2v) is 5.83. The third-order valence-electron chi connectivity index (χ3n) is 1.99. The molecule has 0 amide bonds. The van der Waals surface area contributed by atoms with Gasteiger partial charge in [0.2, 0.25) is 0 Å². The van der Waals surface area contributed by atoms with Gasteiger partial charge in [0.05, 0.1) is 4.21 Å². The van der Waals surface area contributed by atoms with Gasteiger partial charge in [-0.15, -0.1) is 11.3 Å². The molecule has 1 atom stereocenters. The molecule has 12 heavy (non-hydrogen) atoms. The fourth-order valence-electron chi connectivity index (χ4n) is 1.37. The Morgan fingerprint density at radius 2 is 2.58 bits per heavy atom. The Bertz CT molecular complexity index is 237. The molecule has 0 spiro atoms. The van der Waals surface area contributed by atoms with E-state index in [4.69, 9.17) is 4.74 Å². The van der Waals surface area contributed by atoms with Crippen molar-refractivity contribution < 1.29 is 4.74 Å². The second-order valence-electron chi connectivity index (χ2n) is 3.12. The van der Waals surface area contributed by atoms with E-state index >= 15 is 0 Å². The minimum absolute atomic E-state index is 0.0465. The average molecular weight is 200 g/mol. The van der Waals surface area contributed by atoms with E-state index in [0.717, 1.165) is 6.61 Å². The fraction of sp³-hybridized carbons (Fsp3) is 0.556. The molecule has 3 heteroatoms. The summed E-state index contributed by atoms with van der Waals surface area (Å²) in [4.78, 5) is 0.0465. The molecule has 1 aliphatic heterocycles. The molecule has 2 heterocycles. The van der Waals surface area contributed by atoms with Gasteiger partial charge in [-0.05, 0) is 31.2 Å². The Morgan fingerprint density at radius 3 is 3.17 bits per heavy atom. The highest BCUT2D eigenvalue weighted by Crippen LogP contribution is 2.42. The van der Waals surface area contributed by atoms with E-state index in [0.29, 0.717) is 0 Å². The van der Waals surface area contributed by atoms with E-state index in [1.165, 1.54) is 17.1 Å². The lowest BCUT2D eigenvalue weighted by Crippen LogP contribution is -2.16. The van der Waals surface area contributed by atoms with Crippen LogP contribution in [0.1, 0.15) is 19.8 Å². The highest BCUT2D eigenvalue weighted by Gasteiger charge is 2.30. The molecule has 1 aromatic heterocycles. The molecule has 1 unspecified atom stereocenters. The van der Waals surface area contributed by atoms with Gasteiger partial charge in [0.15, 0.2) is 0 Å². The minimum Gasteiger partial charge on any atom is -0.364 e. The van der Waals surface area contributed by atoms with Crippen LogP contribution >= 0.6 is 23.1 Å². The van der Waals surface area contributed by atoms with Crippen molar-refractivity contribution in [1.82, 2.24) is 0 Å². The summed E-state index contributed by atoms with van der Waals surface area (Å²) in [6.07, 6.45) is 2.38. The van der Waals surface area contributed by atoms with Crippen LogP contribution in [0.2, 0.25) is 0 Å². The Morgan fingerprint density at radius 1 is 1.67 bits per heavy atom. The first-order chi connectivity index (χ1) is 5.79. The molecule has 0 aromatic carbocycles. The zero-order valence-corrected chi connectivity index (χ0v) is 8.71. The summed E-state index contributed by atoms with van der Waals surface area (Å²) < 4.78 is 7.04.